The van der Waals surface area contributed by atoms with Gasteiger partial charge in [-0.05, 0) is 38.8 Å². The molecule has 1 fully saturated rings. The summed E-state index contributed by atoms with van der Waals surface area (Å²) in [4.78, 5) is 12.5. The lowest BCUT2D eigenvalue weighted by Crippen LogP contribution is -2.51. The van der Waals surface area contributed by atoms with Gasteiger partial charge in [0.15, 0.2) is 0 Å². The molecule has 0 aliphatic carbocycles. The fourth-order valence-corrected chi connectivity index (χ4v) is 6.23. The van der Waals surface area contributed by atoms with E-state index in [9.17, 15) is 13.2 Å². The molecular formula is C16H23NO4S2. The molecule has 7 heteroatoms. The maximum atomic E-state index is 13.2. The Morgan fingerprint density at radius 1 is 1.30 bits per heavy atom. The van der Waals surface area contributed by atoms with Gasteiger partial charge >= 0.3 is 5.97 Å². The Balaban J connectivity index is 2.46. The van der Waals surface area contributed by atoms with Crippen LogP contribution in [0.15, 0.2) is 17.0 Å². The van der Waals surface area contributed by atoms with Gasteiger partial charge in [0.25, 0.3) is 0 Å². The number of nitrogens with zero attached hydrogens (tertiary/aromatic N) is 1. The zero-order chi connectivity index (χ0) is 17.2. The van der Waals surface area contributed by atoms with E-state index in [4.69, 9.17) is 4.74 Å². The monoisotopic (exact) mass is 357 g/mol. The normalized spacial score (nSPS) is 19.6. The molecule has 1 aromatic carbocycles. The summed E-state index contributed by atoms with van der Waals surface area (Å²) in [5.74, 6) is 0.645. The van der Waals surface area contributed by atoms with Gasteiger partial charge < -0.3 is 4.74 Å². The lowest BCUT2D eigenvalue weighted by atomic mass is 10.1. The Labute approximate surface area is 142 Å². The minimum Gasteiger partial charge on any atom is -0.465 e. The Morgan fingerprint density at radius 3 is 2.48 bits per heavy atom. The van der Waals surface area contributed by atoms with Crippen molar-refractivity contribution in [3.05, 3.63) is 28.8 Å². The third-order valence-electron chi connectivity index (χ3n) is 3.81. The Hall–Kier alpha value is -1.05. The maximum absolute atomic E-state index is 13.2. The van der Waals surface area contributed by atoms with Crippen LogP contribution in [-0.4, -0.2) is 49.4 Å². The first-order chi connectivity index (χ1) is 10.8. The summed E-state index contributed by atoms with van der Waals surface area (Å²) in [6, 6.07) is 2.97. The average molecular weight is 357 g/mol. The van der Waals surface area contributed by atoms with Crippen LogP contribution in [-0.2, 0) is 19.6 Å². The van der Waals surface area contributed by atoms with Crippen LogP contribution >= 0.6 is 11.8 Å². The number of ether oxygens (including phenoxy) is 1. The van der Waals surface area contributed by atoms with Gasteiger partial charge in [-0.15, -0.1) is 0 Å². The molecule has 0 spiro atoms. The average Bonchev–Trinajstić information content (AvgIpc) is 2.46. The van der Waals surface area contributed by atoms with E-state index >= 15 is 0 Å². The Morgan fingerprint density at radius 2 is 1.91 bits per heavy atom. The first-order valence-electron chi connectivity index (χ1n) is 7.63. The number of hydrogen-bond donors (Lipinski definition) is 0. The van der Waals surface area contributed by atoms with Crippen LogP contribution in [0.2, 0.25) is 0 Å². The van der Waals surface area contributed by atoms with E-state index in [0.717, 1.165) is 5.56 Å². The molecule has 0 N–H and O–H groups in total. The molecule has 1 aromatic rings. The van der Waals surface area contributed by atoms with Crippen LogP contribution < -0.4 is 0 Å². The number of carbonyl (C=O) groups is 1. The fraction of sp³-hybridized carbons (Fsp3) is 0.562. The van der Waals surface area contributed by atoms with E-state index in [1.54, 1.807) is 32.5 Å². The van der Waals surface area contributed by atoms with Crippen LogP contribution in [0.3, 0.4) is 0 Å². The van der Waals surface area contributed by atoms with Crippen LogP contribution in [0.5, 0.6) is 0 Å². The molecule has 5 nitrogen and oxygen atoms in total. The molecule has 1 atom stereocenters. The van der Waals surface area contributed by atoms with Crippen LogP contribution in [0, 0.1) is 20.8 Å². The zero-order valence-electron chi connectivity index (χ0n) is 14.0. The minimum absolute atomic E-state index is 0.247. The predicted molar refractivity (Wildman–Crippen MR) is 92.3 cm³/mol. The molecule has 23 heavy (non-hydrogen) atoms. The van der Waals surface area contributed by atoms with Crippen LogP contribution in [0.1, 0.15) is 23.6 Å². The quantitative estimate of drug-likeness (QED) is 0.774. The molecule has 0 unspecified atom stereocenters. The van der Waals surface area contributed by atoms with E-state index in [0.29, 0.717) is 34.1 Å². The van der Waals surface area contributed by atoms with Gasteiger partial charge in [0.2, 0.25) is 10.0 Å². The molecule has 0 radical (unpaired) electrons. The number of rotatable bonds is 4. The summed E-state index contributed by atoms with van der Waals surface area (Å²) in [6.07, 6.45) is 0. The number of carbonyl (C=O) groups excluding carboxylic acids is 1. The third-order valence-corrected chi connectivity index (χ3v) is 7.05. The summed E-state index contributed by atoms with van der Waals surface area (Å²) < 4.78 is 32.7. The molecule has 1 aliphatic rings. The van der Waals surface area contributed by atoms with Gasteiger partial charge in [0.05, 0.1) is 11.5 Å². The van der Waals surface area contributed by atoms with Crippen molar-refractivity contribution < 1.29 is 17.9 Å². The van der Waals surface area contributed by atoms with E-state index < -0.39 is 22.0 Å². The van der Waals surface area contributed by atoms with E-state index in [1.165, 1.54) is 4.31 Å². The molecule has 2 rings (SSSR count). The highest BCUT2D eigenvalue weighted by molar-refractivity contribution is 7.99. The number of esters is 1. The summed E-state index contributed by atoms with van der Waals surface area (Å²) in [5, 5.41) is 0. The highest BCUT2D eigenvalue weighted by atomic mass is 32.2. The highest BCUT2D eigenvalue weighted by Crippen LogP contribution is 2.30. The van der Waals surface area contributed by atoms with Crippen molar-refractivity contribution in [2.45, 2.75) is 38.6 Å². The van der Waals surface area contributed by atoms with Gasteiger partial charge in [-0.3, -0.25) is 4.79 Å². The third kappa shape index (κ3) is 3.72. The largest absolute Gasteiger partial charge is 0.465 e. The summed E-state index contributed by atoms with van der Waals surface area (Å²) >= 11 is 1.58. The van der Waals surface area contributed by atoms with Crippen LogP contribution in [0.25, 0.3) is 0 Å². The Bertz CT molecular complexity index is 677. The van der Waals surface area contributed by atoms with Crippen molar-refractivity contribution in [3.63, 3.8) is 0 Å². The SMILES string of the molecule is CCOC(=O)[C@H]1CSCCN1S(=O)(=O)c1c(C)cc(C)cc1C. The van der Waals surface area contributed by atoms with E-state index in [1.807, 2.05) is 19.1 Å². The maximum Gasteiger partial charge on any atom is 0.325 e. The van der Waals surface area contributed by atoms with Gasteiger partial charge in [0.1, 0.15) is 6.04 Å². The minimum atomic E-state index is -3.73. The molecule has 0 aromatic heterocycles. The molecule has 128 valence electrons. The summed E-state index contributed by atoms with van der Waals surface area (Å²) in [7, 11) is -3.73. The number of aryl methyl sites for hydroxylation is 3. The number of hydrogen-bond acceptors (Lipinski definition) is 5. The molecule has 1 heterocycles. The summed E-state index contributed by atoms with van der Waals surface area (Å²) in [5.41, 5.74) is 2.45. The van der Waals surface area contributed by atoms with Gasteiger partial charge in [-0.1, -0.05) is 17.7 Å². The van der Waals surface area contributed by atoms with Crippen LogP contribution in [0.4, 0.5) is 0 Å². The highest BCUT2D eigenvalue weighted by Gasteiger charge is 2.40. The van der Waals surface area contributed by atoms with Crippen molar-refractivity contribution in [1.82, 2.24) is 4.31 Å². The van der Waals surface area contributed by atoms with Crippen molar-refractivity contribution in [2.24, 2.45) is 0 Å². The van der Waals surface area contributed by atoms with Gasteiger partial charge in [0, 0.05) is 18.1 Å². The van der Waals surface area contributed by atoms with Crippen molar-refractivity contribution in [2.75, 3.05) is 24.7 Å². The van der Waals surface area contributed by atoms with Gasteiger partial charge in [-0.25, -0.2) is 8.42 Å². The zero-order valence-corrected chi connectivity index (χ0v) is 15.6. The molecule has 0 saturated carbocycles. The number of benzene rings is 1. The van der Waals surface area contributed by atoms with Crippen molar-refractivity contribution >= 4 is 27.8 Å². The van der Waals surface area contributed by atoms with Crippen molar-refractivity contribution in [1.29, 1.82) is 0 Å². The molecule has 1 aliphatic heterocycles. The second-order valence-electron chi connectivity index (χ2n) is 5.69. The molecular weight excluding hydrogens is 334 g/mol. The predicted octanol–water partition coefficient (Wildman–Crippen LogP) is 2.28. The van der Waals surface area contributed by atoms with E-state index in [-0.39, 0.29) is 6.61 Å². The standard InChI is InChI=1S/C16H23NO4S2/c1-5-21-16(18)14-10-22-7-6-17(14)23(19,20)15-12(3)8-11(2)9-13(15)4/h8-9,14H,5-7,10H2,1-4H3/t14-/m1/s1. The summed E-state index contributed by atoms with van der Waals surface area (Å²) in [6.45, 7) is 7.83. The first-order valence-corrected chi connectivity index (χ1v) is 10.2. The second-order valence-corrected chi connectivity index (χ2v) is 8.66. The smallest absolute Gasteiger partial charge is 0.325 e. The molecule has 0 amide bonds. The topological polar surface area (TPSA) is 63.7 Å². The Kier molecular flexibility index (Phi) is 5.75. The lowest BCUT2D eigenvalue weighted by Gasteiger charge is -2.33. The van der Waals surface area contributed by atoms with Gasteiger partial charge in [-0.2, -0.15) is 16.1 Å². The second kappa shape index (κ2) is 7.23. The van der Waals surface area contributed by atoms with Crippen molar-refractivity contribution in [3.8, 4) is 0 Å². The lowest BCUT2D eigenvalue weighted by molar-refractivity contribution is -0.146. The number of thioether (sulfide) groups is 1. The fourth-order valence-electron chi connectivity index (χ4n) is 2.99. The first kappa shape index (κ1) is 18.3. The molecule has 1 saturated heterocycles. The molecule has 0 bridgehead atoms. The van der Waals surface area contributed by atoms with E-state index in [2.05, 4.69) is 0 Å². The number of sulfonamides is 1.